The predicted molar refractivity (Wildman–Crippen MR) is 103 cm³/mol. The molecular weight excluding hydrogens is 322 g/mol. The number of esters is 1. The van der Waals surface area contributed by atoms with E-state index in [1.54, 1.807) is 0 Å². The van der Waals surface area contributed by atoms with E-state index in [1.165, 1.54) is 11.1 Å². The van der Waals surface area contributed by atoms with Crippen molar-refractivity contribution in [2.75, 3.05) is 19.6 Å². The van der Waals surface area contributed by atoms with Gasteiger partial charge >= 0.3 is 5.97 Å². The van der Waals surface area contributed by atoms with E-state index in [4.69, 9.17) is 4.74 Å². The van der Waals surface area contributed by atoms with Crippen LogP contribution in [0.2, 0.25) is 0 Å². The molecule has 0 N–H and O–H groups in total. The maximum atomic E-state index is 12.9. The summed E-state index contributed by atoms with van der Waals surface area (Å²) in [5, 5.41) is 0. The Hall–Kier alpha value is -2.13. The van der Waals surface area contributed by atoms with Crippen LogP contribution in [0.4, 0.5) is 0 Å². The summed E-state index contributed by atoms with van der Waals surface area (Å²) in [5.41, 5.74) is 3.84. The lowest BCUT2D eigenvalue weighted by molar-refractivity contribution is -0.0769. The second-order valence-corrected chi connectivity index (χ2v) is 7.49. The Morgan fingerprint density at radius 2 is 1.73 bits per heavy atom. The van der Waals surface area contributed by atoms with Crippen LogP contribution in [0, 0.1) is 5.92 Å². The highest BCUT2D eigenvalue weighted by atomic mass is 16.6. The molecule has 26 heavy (non-hydrogen) atoms. The minimum Gasteiger partial charge on any atom is -0.450 e. The van der Waals surface area contributed by atoms with Gasteiger partial charge in [0, 0.05) is 18.9 Å². The molecule has 2 aromatic carbocycles. The van der Waals surface area contributed by atoms with Gasteiger partial charge < -0.3 is 9.64 Å². The van der Waals surface area contributed by atoms with E-state index in [2.05, 4.69) is 49.1 Å². The van der Waals surface area contributed by atoms with Crippen LogP contribution in [0.15, 0.2) is 48.5 Å². The lowest BCUT2D eigenvalue weighted by Gasteiger charge is -2.48. The number of fused-ring (bicyclic) bond motifs is 3. The van der Waals surface area contributed by atoms with Crippen molar-refractivity contribution in [3.8, 4) is 0 Å². The summed E-state index contributed by atoms with van der Waals surface area (Å²) < 4.78 is 6.30. The maximum Gasteiger partial charge on any atom is 0.339 e. The molecular formula is C23H27NO2. The number of benzene rings is 2. The largest absolute Gasteiger partial charge is 0.450 e. The molecule has 3 heteroatoms. The average molecular weight is 349 g/mol. The van der Waals surface area contributed by atoms with Crippen LogP contribution in [0.25, 0.3) is 0 Å². The zero-order chi connectivity index (χ0) is 18.1. The summed E-state index contributed by atoms with van der Waals surface area (Å²) in [7, 11) is 0. The number of aryl methyl sites for hydroxylation is 1. The lowest BCUT2D eigenvalue weighted by Crippen LogP contribution is -2.51. The number of rotatable bonds is 4. The molecule has 0 saturated carbocycles. The van der Waals surface area contributed by atoms with E-state index in [1.807, 2.05) is 18.2 Å². The molecule has 1 aliphatic carbocycles. The second-order valence-electron chi connectivity index (χ2n) is 7.49. The quantitative estimate of drug-likeness (QED) is 0.775. The van der Waals surface area contributed by atoms with Crippen molar-refractivity contribution < 1.29 is 9.53 Å². The van der Waals surface area contributed by atoms with E-state index in [0.29, 0.717) is 5.92 Å². The molecule has 1 aliphatic heterocycles. The molecule has 0 aromatic heterocycles. The monoisotopic (exact) mass is 349 g/mol. The van der Waals surface area contributed by atoms with E-state index >= 15 is 0 Å². The molecule has 4 rings (SSSR count). The molecule has 2 aromatic rings. The van der Waals surface area contributed by atoms with Gasteiger partial charge in [-0.2, -0.15) is 0 Å². The van der Waals surface area contributed by atoms with E-state index in [9.17, 15) is 4.79 Å². The Morgan fingerprint density at radius 1 is 1.04 bits per heavy atom. The van der Waals surface area contributed by atoms with Crippen molar-refractivity contribution in [1.29, 1.82) is 0 Å². The van der Waals surface area contributed by atoms with Gasteiger partial charge in [0.05, 0.1) is 5.56 Å². The highest BCUT2D eigenvalue weighted by Gasteiger charge is 2.50. The van der Waals surface area contributed by atoms with Gasteiger partial charge in [0.15, 0.2) is 0 Å². The molecule has 2 aliphatic rings. The van der Waals surface area contributed by atoms with Crippen molar-refractivity contribution in [1.82, 2.24) is 4.90 Å². The second kappa shape index (κ2) is 6.88. The normalized spacial score (nSPS) is 24.3. The van der Waals surface area contributed by atoms with Crippen molar-refractivity contribution in [2.45, 2.75) is 38.7 Å². The zero-order valence-corrected chi connectivity index (χ0v) is 15.7. The number of ether oxygens (including phenoxy) is 1. The van der Waals surface area contributed by atoms with Crippen LogP contribution in [0.3, 0.4) is 0 Å². The molecule has 2 atom stereocenters. The summed E-state index contributed by atoms with van der Waals surface area (Å²) in [4.78, 5) is 15.4. The first-order valence-corrected chi connectivity index (χ1v) is 9.80. The molecule has 0 amide bonds. The SMILES string of the molecule is CCN(CC)CC1CCc2ccccc2C12Cc1ccccc1C(=O)O2. The third-order valence-electron chi connectivity index (χ3n) is 6.23. The Labute approximate surface area is 156 Å². The van der Waals surface area contributed by atoms with Gasteiger partial charge in [-0.1, -0.05) is 56.3 Å². The fourth-order valence-corrected chi connectivity index (χ4v) is 4.76. The minimum atomic E-state index is -0.539. The van der Waals surface area contributed by atoms with Gasteiger partial charge in [-0.15, -0.1) is 0 Å². The molecule has 1 heterocycles. The maximum absolute atomic E-state index is 12.9. The van der Waals surface area contributed by atoms with Crippen molar-refractivity contribution in [3.63, 3.8) is 0 Å². The Balaban J connectivity index is 1.82. The van der Waals surface area contributed by atoms with E-state index < -0.39 is 5.60 Å². The summed E-state index contributed by atoms with van der Waals surface area (Å²) in [6.07, 6.45) is 2.89. The number of nitrogens with zero attached hydrogens (tertiary/aromatic N) is 1. The molecule has 2 unspecified atom stereocenters. The molecule has 0 bridgehead atoms. The van der Waals surface area contributed by atoms with E-state index in [-0.39, 0.29) is 5.97 Å². The fourth-order valence-electron chi connectivity index (χ4n) is 4.76. The standard InChI is InChI=1S/C23H27NO2/c1-3-24(4-2)16-19-14-13-17-9-6-8-12-21(17)23(19)15-18-10-5-7-11-20(18)22(25)26-23/h5-12,19H,3-4,13-16H2,1-2H3. The van der Waals surface area contributed by atoms with Gasteiger partial charge in [0.25, 0.3) is 0 Å². The van der Waals surface area contributed by atoms with Gasteiger partial charge in [-0.25, -0.2) is 4.79 Å². The lowest BCUT2D eigenvalue weighted by atomic mass is 9.67. The number of hydrogen-bond donors (Lipinski definition) is 0. The van der Waals surface area contributed by atoms with Crippen LogP contribution in [0.5, 0.6) is 0 Å². The number of hydrogen-bond acceptors (Lipinski definition) is 3. The van der Waals surface area contributed by atoms with Gasteiger partial charge in [-0.3, -0.25) is 0 Å². The molecule has 1 spiro atoms. The number of carbonyl (C=O) groups is 1. The average Bonchev–Trinajstić information content (AvgIpc) is 2.68. The van der Waals surface area contributed by atoms with Gasteiger partial charge in [-0.05, 0) is 48.7 Å². The first-order chi connectivity index (χ1) is 12.7. The summed E-state index contributed by atoms with van der Waals surface area (Å²) in [5.74, 6) is 0.141. The Bertz CT molecular complexity index is 811. The van der Waals surface area contributed by atoms with Gasteiger partial charge in [0.2, 0.25) is 0 Å². The van der Waals surface area contributed by atoms with Crippen molar-refractivity contribution in [3.05, 3.63) is 70.8 Å². The highest BCUT2D eigenvalue weighted by Crippen LogP contribution is 2.48. The van der Waals surface area contributed by atoms with Crippen LogP contribution in [0.1, 0.15) is 47.3 Å². The molecule has 0 fully saturated rings. The summed E-state index contributed by atoms with van der Waals surface area (Å²) in [6, 6.07) is 16.5. The fraction of sp³-hybridized carbons (Fsp3) is 0.435. The zero-order valence-electron chi connectivity index (χ0n) is 15.7. The minimum absolute atomic E-state index is 0.173. The molecule has 0 saturated heterocycles. The van der Waals surface area contributed by atoms with Crippen molar-refractivity contribution in [2.24, 2.45) is 5.92 Å². The molecule has 3 nitrogen and oxygen atoms in total. The predicted octanol–water partition coefficient (Wildman–Crippen LogP) is 4.20. The van der Waals surface area contributed by atoms with Crippen LogP contribution in [-0.2, 0) is 23.2 Å². The Kier molecular flexibility index (Phi) is 4.58. The van der Waals surface area contributed by atoms with Crippen LogP contribution in [-0.4, -0.2) is 30.5 Å². The van der Waals surface area contributed by atoms with Crippen molar-refractivity contribution >= 4 is 5.97 Å². The number of carbonyl (C=O) groups excluding carboxylic acids is 1. The summed E-state index contributed by atoms with van der Waals surface area (Å²) >= 11 is 0. The highest BCUT2D eigenvalue weighted by molar-refractivity contribution is 5.92. The third kappa shape index (κ3) is 2.75. The third-order valence-corrected chi connectivity index (χ3v) is 6.23. The Morgan fingerprint density at radius 3 is 2.50 bits per heavy atom. The van der Waals surface area contributed by atoms with E-state index in [0.717, 1.165) is 50.0 Å². The smallest absolute Gasteiger partial charge is 0.339 e. The summed E-state index contributed by atoms with van der Waals surface area (Å²) in [6.45, 7) is 7.42. The topological polar surface area (TPSA) is 29.5 Å². The molecule has 0 radical (unpaired) electrons. The van der Waals surface area contributed by atoms with Crippen LogP contribution < -0.4 is 0 Å². The first kappa shape index (κ1) is 17.3. The van der Waals surface area contributed by atoms with Gasteiger partial charge in [0.1, 0.15) is 5.60 Å². The molecule has 136 valence electrons. The van der Waals surface area contributed by atoms with Crippen LogP contribution >= 0.6 is 0 Å². The first-order valence-electron chi connectivity index (χ1n) is 9.80.